The molecule has 4 heterocycles. The third kappa shape index (κ3) is 6.04. The van der Waals surface area contributed by atoms with Gasteiger partial charge in [-0.2, -0.15) is 0 Å². The van der Waals surface area contributed by atoms with E-state index in [1.807, 2.05) is 33.8 Å². The van der Waals surface area contributed by atoms with Gasteiger partial charge in [0.2, 0.25) is 5.95 Å². The molecule has 1 saturated carbocycles. The highest BCUT2D eigenvalue weighted by molar-refractivity contribution is 6.04. The lowest BCUT2D eigenvalue weighted by atomic mass is 9.85. The summed E-state index contributed by atoms with van der Waals surface area (Å²) in [7, 11) is 2.18. The van der Waals surface area contributed by atoms with E-state index in [0.29, 0.717) is 52.0 Å². The van der Waals surface area contributed by atoms with Crippen molar-refractivity contribution in [3.8, 4) is 0 Å². The quantitative estimate of drug-likeness (QED) is 0.295. The molecule has 1 aromatic carbocycles. The van der Waals surface area contributed by atoms with Crippen LogP contribution in [0.3, 0.4) is 0 Å². The summed E-state index contributed by atoms with van der Waals surface area (Å²) in [6.07, 6.45) is 5.37. The highest BCUT2D eigenvalue weighted by atomic mass is 16.5. The van der Waals surface area contributed by atoms with Crippen molar-refractivity contribution in [3.63, 3.8) is 0 Å². The van der Waals surface area contributed by atoms with Crippen LogP contribution in [0.4, 0.5) is 23.3 Å². The van der Waals surface area contributed by atoms with E-state index < -0.39 is 0 Å². The Morgan fingerprint density at radius 2 is 1.83 bits per heavy atom. The Morgan fingerprint density at radius 1 is 1.05 bits per heavy atom. The summed E-state index contributed by atoms with van der Waals surface area (Å²) in [6, 6.07) is 8.16. The Labute approximate surface area is 245 Å². The molecule has 42 heavy (non-hydrogen) atoms. The molecule has 3 N–H and O–H groups in total. The van der Waals surface area contributed by atoms with Crippen molar-refractivity contribution in [1.82, 2.24) is 34.9 Å². The Bertz CT molecular complexity index is 1580. The maximum Gasteiger partial charge on any atom is 0.256 e. The minimum atomic E-state index is -0.288. The molecular formula is C30H38N10O2. The number of hydrogen-bond donors (Lipinski definition) is 3. The molecule has 6 rings (SSSR count). The zero-order valence-corrected chi connectivity index (χ0v) is 24.8. The van der Waals surface area contributed by atoms with Crippen LogP contribution in [-0.2, 0) is 5.41 Å². The first-order valence-electron chi connectivity index (χ1n) is 14.5. The first kappa shape index (κ1) is 28.0. The average Bonchev–Trinajstić information content (AvgIpc) is 3.42. The first-order valence-corrected chi connectivity index (χ1v) is 14.5. The number of amides is 1. The molecule has 1 aliphatic heterocycles. The number of carbonyl (C=O) groups excluding carboxylic acids is 1. The average molecular weight is 571 g/mol. The molecule has 1 aliphatic carbocycles. The van der Waals surface area contributed by atoms with Gasteiger partial charge in [0.15, 0.2) is 11.6 Å². The molecular weight excluding hydrogens is 532 g/mol. The molecule has 2 aliphatic rings. The van der Waals surface area contributed by atoms with E-state index in [1.165, 1.54) is 6.33 Å². The summed E-state index contributed by atoms with van der Waals surface area (Å²) in [4.78, 5) is 36.1. The summed E-state index contributed by atoms with van der Waals surface area (Å²) >= 11 is 0. The number of fused-ring (bicyclic) bond motifs is 1. The number of rotatable bonds is 7. The number of carbonyl (C=O) groups is 1. The molecule has 0 atom stereocenters. The van der Waals surface area contributed by atoms with Crippen LogP contribution in [0.25, 0.3) is 11.0 Å². The minimum absolute atomic E-state index is 0.207. The van der Waals surface area contributed by atoms with Crippen LogP contribution in [0.5, 0.6) is 0 Å². The van der Waals surface area contributed by atoms with E-state index in [2.05, 4.69) is 52.9 Å². The van der Waals surface area contributed by atoms with Gasteiger partial charge in [-0.1, -0.05) is 32.0 Å². The second-order valence-electron chi connectivity index (χ2n) is 12.4. The molecule has 220 valence electrons. The normalized spacial score (nSPS) is 19.8. The van der Waals surface area contributed by atoms with Gasteiger partial charge in [-0.3, -0.25) is 9.69 Å². The van der Waals surface area contributed by atoms with Crippen molar-refractivity contribution in [3.05, 3.63) is 53.7 Å². The lowest BCUT2D eigenvalue weighted by Gasteiger charge is -2.46. The topological polar surface area (TPSA) is 137 Å². The minimum Gasteiger partial charge on any atom is -0.359 e. The van der Waals surface area contributed by atoms with Gasteiger partial charge in [0.1, 0.15) is 23.1 Å². The van der Waals surface area contributed by atoms with Crippen molar-refractivity contribution in [2.75, 3.05) is 49.2 Å². The van der Waals surface area contributed by atoms with E-state index in [1.54, 1.807) is 24.4 Å². The number of hydrogen-bond acceptors (Lipinski definition) is 11. The molecule has 0 radical (unpaired) electrons. The van der Waals surface area contributed by atoms with Gasteiger partial charge in [-0.25, -0.2) is 19.9 Å². The molecule has 12 nitrogen and oxygen atoms in total. The third-order valence-electron chi connectivity index (χ3n) is 8.12. The SMILES string of the molecule is Cc1ccc(C(=O)Nc2cc(C(C)(C)C)on2)cc1Nc1ncnc2cnc(NC3CC(N4CCN(C)CC4)C3)nc12. The summed E-state index contributed by atoms with van der Waals surface area (Å²) in [6.45, 7) is 12.6. The van der Waals surface area contributed by atoms with E-state index in [-0.39, 0.29) is 11.3 Å². The number of aryl methyl sites for hydroxylation is 1. The highest BCUT2D eigenvalue weighted by Gasteiger charge is 2.35. The van der Waals surface area contributed by atoms with Crippen LogP contribution in [0.2, 0.25) is 0 Å². The van der Waals surface area contributed by atoms with Gasteiger partial charge < -0.3 is 25.4 Å². The first-order chi connectivity index (χ1) is 20.1. The number of benzene rings is 1. The van der Waals surface area contributed by atoms with Crippen LogP contribution in [-0.4, -0.2) is 86.1 Å². The number of aromatic nitrogens is 5. The molecule has 12 heteroatoms. The third-order valence-corrected chi connectivity index (χ3v) is 8.12. The summed E-state index contributed by atoms with van der Waals surface area (Å²) in [5, 5.41) is 13.7. The van der Waals surface area contributed by atoms with Crippen molar-refractivity contribution >= 4 is 40.2 Å². The van der Waals surface area contributed by atoms with Gasteiger partial charge in [0.25, 0.3) is 5.91 Å². The monoisotopic (exact) mass is 570 g/mol. The molecule has 0 bridgehead atoms. The fourth-order valence-electron chi connectivity index (χ4n) is 5.29. The predicted molar refractivity (Wildman–Crippen MR) is 162 cm³/mol. The maximum atomic E-state index is 13.0. The number of nitrogens with zero attached hydrogens (tertiary/aromatic N) is 7. The molecule has 4 aromatic rings. The Hall–Kier alpha value is -4.16. The van der Waals surface area contributed by atoms with Gasteiger partial charge in [-0.15, -0.1) is 0 Å². The molecule has 1 saturated heterocycles. The molecule has 2 fully saturated rings. The number of likely N-dealkylation sites (N-methyl/N-ethyl adjacent to an activating group) is 1. The highest BCUT2D eigenvalue weighted by Crippen LogP contribution is 2.30. The Balaban J connectivity index is 1.14. The summed E-state index contributed by atoms with van der Waals surface area (Å²) in [5.41, 5.74) is 3.19. The summed E-state index contributed by atoms with van der Waals surface area (Å²) in [5.74, 6) is 1.89. The van der Waals surface area contributed by atoms with Gasteiger partial charge >= 0.3 is 0 Å². The van der Waals surface area contributed by atoms with Crippen molar-refractivity contribution in [2.24, 2.45) is 0 Å². The van der Waals surface area contributed by atoms with E-state index in [0.717, 1.165) is 50.3 Å². The van der Waals surface area contributed by atoms with E-state index in [4.69, 9.17) is 9.51 Å². The second-order valence-corrected chi connectivity index (χ2v) is 12.4. The lowest BCUT2D eigenvalue weighted by molar-refractivity contribution is 0.0656. The largest absolute Gasteiger partial charge is 0.359 e. The van der Waals surface area contributed by atoms with Crippen LogP contribution in [0.15, 0.2) is 41.3 Å². The van der Waals surface area contributed by atoms with Crippen molar-refractivity contribution < 1.29 is 9.32 Å². The Morgan fingerprint density at radius 3 is 2.57 bits per heavy atom. The Kier molecular flexibility index (Phi) is 7.50. The fraction of sp³-hybridized carbons (Fsp3) is 0.467. The zero-order chi connectivity index (χ0) is 29.4. The van der Waals surface area contributed by atoms with Crippen molar-refractivity contribution in [1.29, 1.82) is 0 Å². The lowest BCUT2D eigenvalue weighted by Crippen LogP contribution is -2.55. The van der Waals surface area contributed by atoms with E-state index >= 15 is 0 Å². The van der Waals surface area contributed by atoms with Gasteiger partial charge in [0.05, 0.1) is 6.20 Å². The number of piperazine rings is 1. The predicted octanol–water partition coefficient (Wildman–Crippen LogP) is 4.20. The van der Waals surface area contributed by atoms with Gasteiger partial charge in [0, 0.05) is 61.0 Å². The van der Waals surface area contributed by atoms with Crippen LogP contribution in [0.1, 0.15) is 55.3 Å². The summed E-state index contributed by atoms with van der Waals surface area (Å²) < 4.78 is 5.40. The van der Waals surface area contributed by atoms with E-state index in [9.17, 15) is 4.79 Å². The van der Waals surface area contributed by atoms with Crippen molar-refractivity contribution in [2.45, 2.75) is 58.0 Å². The molecule has 0 spiro atoms. The standard InChI is InChI=1S/C30H38N10O2/c1-18-6-7-19(28(41)36-25-15-24(42-38-25)30(2,3)4)12-22(18)35-27-26-23(32-17-33-27)16-31-29(37-26)34-20-13-21(14-20)40-10-8-39(5)9-11-40/h6-7,12,15-17,20-21H,8-11,13-14H2,1-5H3,(H,31,34,37)(H,32,33,35)(H,36,38,41). The van der Waals surface area contributed by atoms with Gasteiger partial charge in [-0.05, 0) is 44.5 Å². The van der Waals surface area contributed by atoms with Crippen LogP contribution >= 0.6 is 0 Å². The molecule has 1 amide bonds. The fourth-order valence-corrected chi connectivity index (χ4v) is 5.29. The smallest absolute Gasteiger partial charge is 0.256 e. The maximum absolute atomic E-state index is 13.0. The molecule has 3 aromatic heterocycles. The second kappa shape index (κ2) is 11.3. The number of nitrogens with one attached hydrogen (secondary N) is 3. The van der Waals surface area contributed by atoms with Crippen LogP contribution < -0.4 is 16.0 Å². The number of anilines is 4. The molecule has 0 unspecified atom stereocenters. The van der Waals surface area contributed by atoms with Crippen LogP contribution in [0, 0.1) is 6.92 Å². The zero-order valence-electron chi connectivity index (χ0n) is 24.8.